The van der Waals surface area contributed by atoms with E-state index in [4.69, 9.17) is 0 Å². The molecule has 11 nitrogen and oxygen atoms in total. The van der Waals surface area contributed by atoms with E-state index in [0.717, 1.165) is 0 Å². The first-order chi connectivity index (χ1) is 0. The minimum atomic E-state index is 0. The van der Waals surface area contributed by atoms with Crippen LogP contribution in [0.25, 0.3) is 0 Å². The first kappa shape index (κ1) is 662. The van der Waals surface area contributed by atoms with Crippen molar-refractivity contribution in [2.24, 2.45) is 0 Å². The maximum absolute atomic E-state index is 0. The number of hydrogen-bond donors (Lipinski definition) is 0. The van der Waals surface area contributed by atoms with Gasteiger partial charge in [-0.15, -0.1) is 0 Å². The van der Waals surface area contributed by atoms with E-state index in [9.17, 15) is 0 Å². The van der Waals surface area contributed by atoms with Crippen LogP contribution in [0, 0.1) is 0 Å². The quantitative estimate of drug-likeness (QED) is 0.259. The Morgan fingerprint density at radius 3 is 0.286 bits per heavy atom. The Labute approximate surface area is 232 Å². The predicted molar refractivity (Wildman–Crippen MR) is 7.55 cm³/mol. The van der Waals surface area contributed by atoms with Crippen LogP contribution in [-0.4, -0.2) is 0 Å². The van der Waals surface area contributed by atoms with Crippen LogP contribution in [0.5, 0.6) is 0 Å². The fourth-order valence-electron chi connectivity index (χ4n) is 0. The SMILES string of the molecule is [Co+2].[Co+2].[Cu+2].[Cu+2].[Fe+3].[Fe+3].[Mn+2].[Mn+2].[O-2].[O-2].[O-2].[O-2].[O-2].[O-2].[O-2].[O-2].[O-2].[O-2].[O-2].[Zn+2].[Zn+2]. The van der Waals surface area contributed by atoms with Gasteiger partial charge in [0.25, 0.3) is 0 Å². The number of hydrogen-bond acceptors (Lipinski definition) is 0. The van der Waals surface area contributed by atoms with Gasteiger partial charge < -0.3 is 60.2 Å². The molecule has 0 aromatic heterocycles. The molecule has 0 bridgehead atoms. The molecule has 0 unspecified atom stereocenters. The summed E-state index contributed by atoms with van der Waals surface area (Å²) in [5.41, 5.74) is 0. The third-order valence-corrected chi connectivity index (χ3v) is 0. The molecule has 140 valence electrons. The molecule has 8 radical (unpaired) electrons. The summed E-state index contributed by atoms with van der Waals surface area (Å²) in [4.78, 5) is 0. The average Bonchev–Trinajstić information content (AvgIpc) is 0. The van der Waals surface area contributed by atoms with E-state index in [1.165, 1.54) is 0 Å². The zero-order chi connectivity index (χ0) is 0. The molecule has 0 N–H and O–H groups in total. The Bertz CT molecular complexity index is 44.2. The molecule has 0 rings (SSSR count). The van der Waals surface area contributed by atoms with Crippen molar-refractivity contribution < 1.29 is 235 Å². The van der Waals surface area contributed by atoms with Gasteiger partial charge in [-0.1, -0.05) is 0 Å². The maximum Gasteiger partial charge on any atom is 3.00 e. The van der Waals surface area contributed by atoms with Gasteiger partial charge in [0.1, 0.15) is 0 Å². The fraction of sp³-hybridized carbons (Fsp3) is 0. The van der Waals surface area contributed by atoms with Gasteiger partial charge in [0.05, 0.1) is 0 Å². The topological polar surface area (TPSA) is 314 Å². The summed E-state index contributed by atoms with van der Waals surface area (Å²) < 4.78 is 0. The van der Waals surface area contributed by atoms with Crippen molar-refractivity contribution in [2.75, 3.05) is 0 Å². The Balaban J connectivity index is 0. The van der Waals surface area contributed by atoms with E-state index in [1.54, 1.807) is 0 Å². The third kappa shape index (κ3) is 538. The van der Waals surface area contributed by atoms with Crippen molar-refractivity contribution in [3.05, 3.63) is 0 Å². The van der Waals surface area contributed by atoms with Crippen LogP contribution >= 0.6 is 0 Å². The van der Waals surface area contributed by atoms with Crippen LogP contribution < -0.4 is 0 Å². The van der Waals surface area contributed by atoms with Crippen molar-refractivity contribution in [1.29, 1.82) is 0 Å². The molecule has 0 aromatic carbocycles. The van der Waals surface area contributed by atoms with Crippen LogP contribution in [0.2, 0.25) is 0 Å². The van der Waals surface area contributed by atoms with Gasteiger partial charge in [0.2, 0.25) is 0 Å². The third-order valence-electron chi connectivity index (χ3n) is 0. The van der Waals surface area contributed by atoms with Gasteiger partial charge >= 0.3 is 175 Å². The maximum atomic E-state index is 0. The molecule has 0 aliphatic heterocycles. The minimum absolute atomic E-state index is 0. The van der Waals surface area contributed by atoms with Gasteiger partial charge in [-0.2, -0.15) is 0 Å². The molecule has 21 heavy (non-hydrogen) atoms. The zero-order valence-corrected chi connectivity index (χ0v) is 23.1. The molecule has 0 atom stereocenters. The smallest absolute Gasteiger partial charge is 2.00 e. The van der Waals surface area contributed by atoms with Crippen molar-refractivity contribution in [1.82, 2.24) is 0 Å². The Morgan fingerprint density at radius 2 is 0.286 bits per heavy atom. The summed E-state index contributed by atoms with van der Waals surface area (Å²) in [7, 11) is 0. The summed E-state index contributed by atoms with van der Waals surface area (Å²) in [5, 5.41) is 0. The predicted octanol–water partition coefficient (Wildman–Crippen LogP) is -1.33. The van der Waals surface area contributed by atoms with Crippen molar-refractivity contribution in [3.63, 3.8) is 0 Å². The van der Waals surface area contributed by atoms with Gasteiger partial charge in [-0.05, 0) is 0 Å². The summed E-state index contributed by atoms with van der Waals surface area (Å²) in [6.45, 7) is 0. The first-order valence-corrected chi connectivity index (χ1v) is 0. The molecule has 0 heterocycles. The second kappa shape index (κ2) is 586. The van der Waals surface area contributed by atoms with Crippen molar-refractivity contribution in [2.45, 2.75) is 0 Å². The van der Waals surface area contributed by atoms with Crippen LogP contribution in [-0.2, 0) is 235 Å². The van der Waals surface area contributed by atoms with E-state index >= 15 is 0 Å². The van der Waals surface area contributed by atoms with E-state index in [2.05, 4.69) is 0 Å². The van der Waals surface area contributed by atoms with E-state index in [-0.39, 0.29) is 235 Å². The first-order valence-electron chi connectivity index (χ1n) is 0. The van der Waals surface area contributed by atoms with E-state index in [0.29, 0.717) is 0 Å². The van der Waals surface area contributed by atoms with E-state index in [1.807, 2.05) is 0 Å². The van der Waals surface area contributed by atoms with Gasteiger partial charge in [0.15, 0.2) is 0 Å². The molecule has 0 saturated heterocycles. The van der Waals surface area contributed by atoms with E-state index < -0.39 is 0 Å². The van der Waals surface area contributed by atoms with Crippen LogP contribution in [0.15, 0.2) is 0 Å². The molecular weight excluding hydrogens is 773 g/mol. The zero-order valence-electron chi connectivity index (χ0n) is 8.64. The summed E-state index contributed by atoms with van der Waals surface area (Å²) in [5.74, 6) is 0. The van der Waals surface area contributed by atoms with Gasteiger partial charge in [-0.3, -0.25) is 0 Å². The molecule has 0 aliphatic rings. The fourth-order valence-corrected chi connectivity index (χ4v) is 0. The second-order valence-corrected chi connectivity index (χ2v) is 0. The molecule has 0 fully saturated rings. The van der Waals surface area contributed by atoms with Gasteiger partial charge in [0, 0.05) is 0 Å². The normalized spacial score (nSPS) is 0. The molecular formula is Co2Cu2Fe2Mn2O11Zn2. The summed E-state index contributed by atoms with van der Waals surface area (Å²) in [6.07, 6.45) is 0. The monoisotopic (exact) mass is 769 g/mol. The van der Waals surface area contributed by atoms with Crippen LogP contribution in [0.4, 0.5) is 0 Å². The minimum Gasteiger partial charge on any atom is -2.00 e. The Morgan fingerprint density at radius 1 is 0.286 bits per heavy atom. The molecule has 0 aromatic rings. The largest absolute Gasteiger partial charge is 3.00 e. The Kier molecular flexibility index (Phi) is 18500. The molecule has 0 spiro atoms. The van der Waals surface area contributed by atoms with Crippen molar-refractivity contribution >= 4 is 0 Å². The molecule has 0 saturated carbocycles. The van der Waals surface area contributed by atoms with Crippen LogP contribution in [0.1, 0.15) is 0 Å². The standard InChI is InChI=1S/2Co.2Cu.2Fe.2Mn.11O.2Zn/q4*+2;2*+3;2*+2;11*-2;2*+2. The Hall–Kier alpha value is 4.94. The van der Waals surface area contributed by atoms with Gasteiger partial charge in [-0.25, -0.2) is 0 Å². The average molecular weight is 773 g/mol. The summed E-state index contributed by atoms with van der Waals surface area (Å²) in [6, 6.07) is 0. The number of rotatable bonds is 0. The molecule has 0 amide bonds. The molecule has 0 aliphatic carbocycles. The van der Waals surface area contributed by atoms with Crippen molar-refractivity contribution in [3.8, 4) is 0 Å². The summed E-state index contributed by atoms with van der Waals surface area (Å²) >= 11 is 0. The second-order valence-electron chi connectivity index (χ2n) is 0. The molecule has 21 heteroatoms. The van der Waals surface area contributed by atoms with Crippen LogP contribution in [0.3, 0.4) is 0 Å².